The molecule has 6 heteroatoms. The third-order valence-corrected chi connectivity index (χ3v) is 5.75. The van der Waals surface area contributed by atoms with Crippen molar-refractivity contribution >= 4 is 17.8 Å². The van der Waals surface area contributed by atoms with Gasteiger partial charge in [-0.05, 0) is 29.5 Å². The Hall–Kier alpha value is -3.15. The molecule has 2 aliphatic heterocycles. The molecule has 144 valence electrons. The third kappa shape index (κ3) is 2.95. The standard InChI is InChI=1S/C22H23N3O3/c1-2-22(18-10-4-3-5-11-18)20(27)25(21(28)23-22)15-19(26)24-13-12-16-8-6-7-9-17(16)14-24/h3-11H,2,12-15H2,1H3,(H,23,28)/t22-/m1/s1. The van der Waals surface area contributed by atoms with Crippen LogP contribution in [0.15, 0.2) is 54.6 Å². The number of carbonyl (C=O) groups is 3. The van der Waals surface area contributed by atoms with Gasteiger partial charge in [-0.25, -0.2) is 4.79 Å². The van der Waals surface area contributed by atoms with E-state index in [1.54, 1.807) is 4.90 Å². The molecule has 2 aromatic rings. The van der Waals surface area contributed by atoms with Gasteiger partial charge in [-0.1, -0.05) is 61.5 Å². The molecular weight excluding hydrogens is 354 g/mol. The lowest BCUT2D eigenvalue weighted by Gasteiger charge is -2.30. The Morgan fingerprint density at radius 2 is 1.71 bits per heavy atom. The number of benzene rings is 2. The smallest absolute Gasteiger partial charge is 0.325 e. The van der Waals surface area contributed by atoms with E-state index >= 15 is 0 Å². The molecule has 4 rings (SSSR count). The van der Waals surface area contributed by atoms with Gasteiger partial charge in [0.05, 0.1) is 0 Å². The molecule has 0 radical (unpaired) electrons. The second-order valence-electron chi connectivity index (χ2n) is 7.28. The van der Waals surface area contributed by atoms with Crippen LogP contribution in [0.2, 0.25) is 0 Å². The van der Waals surface area contributed by atoms with Crippen molar-refractivity contribution in [2.45, 2.75) is 31.8 Å². The van der Waals surface area contributed by atoms with Gasteiger partial charge in [0, 0.05) is 13.1 Å². The van der Waals surface area contributed by atoms with E-state index < -0.39 is 11.6 Å². The average molecular weight is 377 g/mol. The first-order chi connectivity index (χ1) is 13.5. The largest absolute Gasteiger partial charge is 0.336 e. The first kappa shape index (κ1) is 18.2. The maximum atomic E-state index is 13.2. The third-order valence-electron chi connectivity index (χ3n) is 5.75. The fourth-order valence-electron chi connectivity index (χ4n) is 4.08. The van der Waals surface area contributed by atoms with Crippen molar-refractivity contribution in [2.75, 3.05) is 13.1 Å². The summed E-state index contributed by atoms with van der Waals surface area (Å²) >= 11 is 0. The minimum Gasteiger partial charge on any atom is -0.336 e. The highest BCUT2D eigenvalue weighted by molar-refractivity contribution is 6.09. The molecule has 1 N–H and O–H groups in total. The Morgan fingerprint density at radius 1 is 1.04 bits per heavy atom. The molecule has 0 aliphatic carbocycles. The number of amides is 4. The predicted molar refractivity (Wildman–Crippen MR) is 104 cm³/mol. The normalized spacial score (nSPS) is 21.5. The highest BCUT2D eigenvalue weighted by Crippen LogP contribution is 2.32. The Kier molecular flexibility index (Phi) is 4.63. The monoisotopic (exact) mass is 377 g/mol. The van der Waals surface area contributed by atoms with E-state index in [9.17, 15) is 14.4 Å². The number of rotatable bonds is 4. The molecule has 6 nitrogen and oxygen atoms in total. The van der Waals surface area contributed by atoms with Crippen molar-refractivity contribution in [2.24, 2.45) is 0 Å². The maximum absolute atomic E-state index is 13.2. The van der Waals surface area contributed by atoms with Crippen molar-refractivity contribution in [3.05, 3.63) is 71.3 Å². The van der Waals surface area contributed by atoms with Crippen LogP contribution in [0.3, 0.4) is 0 Å². The summed E-state index contributed by atoms with van der Waals surface area (Å²) in [6.45, 7) is 2.73. The predicted octanol–water partition coefficient (Wildman–Crippen LogP) is 2.43. The van der Waals surface area contributed by atoms with E-state index in [1.165, 1.54) is 5.56 Å². The first-order valence-corrected chi connectivity index (χ1v) is 9.59. The van der Waals surface area contributed by atoms with Gasteiger partial charge in [-0.15, -0.1) is 0 Å². The van der Waals surface area contributed by atoms with E-state index in [2.05, 4.69) is 11.4 Å². The topological polar surface area (TPSA) is 69.7 Å². The van der Waals surface area contributed by atoms with Crippen LogP contribution in [0, 0.1) is 0 Å². The molecule has 1 fully saturated rings. The van der Waals surface area contributed by atoms with E-state index in [0.717, 1.165) is 22.4 Å². The Labute approximate surface area is 164 Å². The second kappa shape index (κ2) is 7.11. The molecule has 2 aromatic carbocycles. The summed E-state index contributed by atoms with van der Waals surface area (Å²) in [5, 5.41) is 2.82. The fourth-order valence-corrected chi connectivity index (χ4v) is 4.08. The summed E-state index contributed by atoms with van der Waals surface area (Å²) < 4.78 is 0. The lowest BCUT2D eigenvalue weighted by Crippen LogP contribution is -2.46. The molecule has 2 heterocycles. The molecule has 28 heavy (non-hydrogen) atoms. The van der Waals surface area contributed by atoms with Gasteiger partial charge in [0.1, 0.15) is 12.1 Å². The van der Waals surface area contributed by atoms with E-state index in [0.29, 0.717) is 19.5 Å². The summed E-state index contributed by atoms with van der Waals surface area (Å²) in [5.74, 6) is -0.574. The summed E-state index contributed by atoms with van der Waals surface area (Å²) in [6.07, 6.45) is 1.20. The minimum absolute atomic E-state index is 0.210. The quantitative estimate of drug-likeness (QED) is 0.832. The number of hydrogen-bond acceptors (Lipinski definition) is 3. The molecule has 4 amide bonds. The molecule has 1 atom stereocenters. The zero-order valence-electron chi connectivity index (χ0n) is 15.9. The zero-order chi connectivity index (χ0) is 19.7. The van der Waals surface area contributed by atoms with Gasteiger partial charge in [-0.3, -0.25) is 14.5 Å². The SMILES string of the molecule is CC[C@]1(c2ccccc2)NC(=O)N(CC(=O)N2CCc3ccccc3C2)C1=O. The van der Waals surface area contributed by atoms with Gasteiger partial charge in [0.15, 0.2) is 0 Å². The minimum atomic E-state index is -1.10. The molecule has 0 bridgehead atoms. The van der Waals surface area contributed by atoms with Gasteiger partial charge in [-0.2, -0.15) is 0 Å². The van der Waals surface area contributed by atoms with Crippen LogP contribution < -0.4 is 5.32 Å². The fraction of sp³-hybridized carbons (Fsp3) is 0.318. The average Bonchev–Trinajstić information content (AvgIpc) is 2.99. The highest BCUT2D eigenvalue weighted by atomic mass is 16.2. The van der Waals surface area contributed by atoms with Crippen LogP contribution in [0.5, 0.6) is 0 Å². The number of urea groups is 1. The van der Waals surface area contributed by atoms with Crippen LogP contribution in [-0.2, 0) is 28.1 Å². The van der Waals surface area contributed by atoms with E-state index in [-0.39, 0.29) is 18.4 Å². The summed E-state index contributed by atoms with van der Waals surface area (Å²) in [6, 6.07) is 16.7. The summed E-state index contributed by atoms with van der Waals surface area (Å²) in [4.78, 5) is 41.3. The molecule has 2 aliphatic rings. The van der Waals surface area contributed by atoms with Gasteiger partial charge < -0.3 is 10.2 Å². The molecule has 0 spiro atoms. The number of imide groups is 1. The second-order valence-corrected chi connectivity index (χ2v) is 7.28. The molecule has 0 unspecified atom stereocenters. The number of carbonyl (C=O) groups excluding carboxylic acids is 3. The molecular formula is C22H23N3O3. The molecule has 0 saturated carbocycles. The number of fused-ring (bicyclic) bond motifs is 1. The van der Waals surface area contributed by atoms with Crippen molar-refractivity contribution in [1.29, 1.82) is 0 Å². The van der Waals surface area contributed by atoms with Crippen LogP contribution >= 0.6 is 0 Å². The number of nitrogens with zero attached hydrogens (tertiary/aromatic N) is 2. The van der Waals surface area contributed by atoms with E-state index in [4.69, 9.17) is 0 Å². The summed E-state index contributed by atoms with van der Waals surface area (Å²) in [5.41, 5.74) is 1.99. The zero-order valence-corrected chi connectivity index (χ0v) is 15.9. The number of nitrogens with one attached hydrogen (secondary N) is 1. The van der Waals surface area contributed by atoms with Crippen molar-refractivity contribution < 1.29 is 14.4 Å². The van der Waals surface area contributed by atoms with Crippen LogP contribution in [0.4, 0.5) is 4.79 Å². The van der Waals surface area contributed by atoms with Gasteiger partial charge in [0.2, 0.25) is 5.91 Å². The van der Waals surface area contributed by atoms with Crippen molar-refractivity contribution in [1.82, 2.24) is 15.1 Å². The Bertz CT molecular complexity index is 928. The highest BCUT2D eigenvalue weighted by Gasteiger charge is 2.51. The number of hydrogen-bond donors (Lipinski definition) is 1. The molecule has 0 aromatic heterocycles. The van der Waals surface area contributed by atoms with Crippen molar-refractivity contribution in [3.63, 3.8) is 0 Å². The maximum Gasteiger partial charge on any atom is 0.325 e. The van der Waals surface area contributed by atoms with Crippen LogP contribution in [-0.4, -0.2) is 40.7 Å². The van der Waals surface area contributed by atoms with E-state index in [1.807, 2.05) is 55.5 Å². The van der Waals surface area contributed by atoms with Crippen molar-refractivity contribution in [3.8, 4) is 0 Å². The van der Waals surface area contributed by atoms with Crippen LogP contribution in [0.1, 0.15) is 30.0 Å². The first-order valence-electron chi connectivity index (χ1n) is 9.59. The van der Waals surface area contributed by atoms with Crippen LogP contribution in [0.25, 0.3) is 0 Å². The van der Waals surface area contributed by atoms with Gasteiger partial charge >= 0.3 is 6.03 Å². The Morgan fingerprint density at radius 3 is 2.43 bits per heavy atom. The lowest BCUT2D eigenvalue weighted by atomic mass is 9.87. The Balaban J connectivity index is 1.52. The lowest BCUT2D eigenvalue weighted by molar-refractivity contribution is -0.139. The van der Waals surface area contributed by atoms with Gasteiger partial charge in [0.25, 0.3) is 5.91 Å². The molecule has 1 saturated heterocycles. The summed E-state index contributed by atoms with van der Waals surface area (Å²) in [7, 11) is 0.